The van der Waals surface area contributed by atoms with Gasteiger partial charge in [0.1, 0.15) is 13.2 Å². The lowest BCUT2D eigenvalue weighted by Gasteiger charge is -2.00. The van der Waals surface area contributed by atoms with E-state index in [0.717, 1.165) is 0 Å². The predicted molar refractivity (Wildman–Crippen MR) is 55.3 cm³/mol. The Balaban J connectivity index is -0.000000105. The number of carbonyl (C=O) groups excluding carboxylic acids is 2. The summed E-state index contributed by atoms with van der Waals surface area (Å²) in [5.41, 5.74) is 9.15. The van der Waals surface area contributed by atoms with E-state index in [4.69, 9.17) is 10.2 Å². The molecule has 100 valence electrons. The molecule has 0 aliphatic carbocycles. The van der Waals surface area contributed by atoms with Crippen LogP contribution in [-0.4, -0.2) is 48.8 Å². The Morgan fingerprint density at radius 3 is 1.25 bits per heavy atom. The van der Waals surface area contributed by atoms with Crippen LogP contribution >= 0.6 is 0 Å². The van der Waals surface area contributed by atoms with Crippen molar-refractivity contribution in [3.8, 4) is 0 Å². The van der Waals surface area contributed by atoms with Crippen molar-refractivity contribution >= 4 is 12.2 Å². The summed E-state index contributed by atoms with van der Waals surface area (Å²) in [6, 6.07) is 0. The van der Waals surface area contributed by atoms with E-state index in [1.54, 1.807) is 0 Å². The van der Waals surface area contributed by atoms with Crippen LogP contribution in [0.5, 0.6) is 0 Å². The number of aliphatic hydroxyl groups is 2. The van der Waals surface area contributed by atoms with Gasteiger partial charge in [0.2, 0.25) is 0 Å². The third-order valence-corrected chi connectivity index (χ3v) is 0.672. The van der Waals surface area contributed by atoms with Gasteiger partial charge in [-0.25, -0.2) is 9.59 Å². The van der Waals surface area contributed by atoms with E-state index in [2.05, 4.69) is 20.9 Å². The zero-order valence-electron chi connectivity index (χ0n) is 8.92. The van der Waals surface area contributed by atoms with Crippen molar-refractivity contribution < 1.29 is 29.3 Å². The zero-order chi connectivity index (χ0) is 11.4. The highest BCUT2D eigenvalue weighted by Gasteiger charge is 1.95. The summed E-state index contributed by atoms with van der Waals surface area (Å²) in [5, 5.41) is 15.2. The summed E-state index contributed by atoms with van der Waals surface area (Å²) in [7, 11) is 0. The fraction of sp³-hybridized carbons (Fsp3) is 0.667. The van der Waals surface area contributed by atoms with Gasteiger partial charge >= 0.3 is 12.2 Å². The molecule has 0 saturated carbocycles. The molecule has 0 aromatic rings. The first kappa shape index (κ1) is 23.9. The summed E-state index contributed by atoms with van der Waals surface area (Å²) in [4.78, 5) is 19.7. The number of hydrogen-bond acceptors (Lipinski definition) is 8. The Kier molecular flexibility index (Phi) is 28.4. The number of aliphatic hydroxyl groups excluding tert-OH is 2. The minimum Gasteiger partial charge on any atom is -0.446 e. The van der Waals surface area contributed by atoms with Crippen LogP contribution in [0.1, 0.15) is 0 Å². The van der Waals surface area contributed by atoms with Crippen molar-refractivity contribution in [3.05, 3.63) is 0 Å². The third-order valence-electron chi connectivity index (χ3n) is 0.672. The second kappa shape index (κ2) is 19.0. The van der Waals surface area contributed by atoms with E-state index in [1.807, 2.05) is 0 Å². The average Bonchev–Trinajstić information content (AvgIpc) is 2.12. The van der Waals surface area contributed by atoms with Gasteiger partial charge < -0.3 is 43.5 Å². The van der Waals surface area contributed by atoms with Crippen molar-refractivity contribution in [2.24, 2.45) is 11.5 Å². The van der Waals surface area contributed by atoms with Crippen molar-refractivity contribution in [2.75, 3.05) is 26.4 Å². The molecule has 0 aromatic carbocycles. The molecular formula is C6H20N4O6. The zero-order valence-corrected chi connectivity index (χ0v) is 8.92. The van der Waals surface area contributed by atoms with E-state index in [9.17, 15) is 9.59 Å². The highest BCUT2D eigenvalue weighted by atomic mass is 16.6. The van der Waals surface area contributed by atoms with E-state index < -0.39 is 12.2 Å². The predicted octanol–water partition coefficient (Wildman–Crippen LogP) is -1.53. The second-order valence-electron chi connectivity index (χ2n) is 1.78. The summed E-state index contributed by atoms with van der Waals surface area (Å²) in [6.07, 6.45) is -1.82. The normalized spacial score (nSPS) is 7.12. The molecule has 0 rings (SSSR count). The first-order valence-electron chi connectivity index (χ1n) is 3.60. The van der Waals surface area contributed by atoms with Crippen LogP contribution in [0.3, 0.4) is 0 Å². The summed E-state index contributed by atoms with van der Waals surface area (Å²) in [6.45, 7) is -0.392. The van der Waals surface area contributed by atoms with Crippen LogP contribution in [0, 0.1) is 0 Å². The molecule has 2 amide bonds. The molecule has 0 saturated heterocycles. The van der Waals surface area contributed by atoms with E-state index in [1.165, 1.54) is 0 Å². The average molecular weight is 244 g/mol. The molecule has 12 N–H and O–H groups in total. The summed E-state index contributed by atoms with van der Waals surface area (Å²) in [5.74, 6) is 0. The van der Waals surface area contributed by atoms with Crippen LogP contribution in [-0.2, 0) is 9.47 Å². The number of carbonyl (C=O) groups is 2. The Labute approximate surface area is 92.7 Å². The van der Waals surface area contributed by atoms with Crippen LogP contribution < -0.4 is 23.8 Å². The van der Waals surface area contributed by atoms with Crippen LogP contribution in [0.15, 0.2) is 0 Å². The number of primary amides is 2. The molecule has 0 radical (unpaired) electrons. The highest BCUT2D eigenvalue weighted by molar-refractivity contribution is 5.65. The number of rotatable bonds is 4. The van der Waals surface area contributed by atoms with Gasteiger partial charge in [-0.05, 0) is 0 Å². The molecule has 0 bridgehead atoms. The maximum absolute atomic E-state index is 9.87. The molecule has 10 nitrogen and oxygen atoms in total. The number of hydrogen-bond donors (Lipinski definition) is 6. The lowest BCUT2D eigenvalue weighted by molar-refractivity contribution is 0.105. The Morgan fingerprint density at radius 1 is 0.875 bits per heavy atom. The quantitative estimate of drug-likeness (QED) is 0.318. The topological polar surface area (TPSA) is 215 Å². The standard InChI is InChI=1S/C4H8N2O4.C2H6O2.2H3N/c5-3(7)9-1-2-10-4(6)8;3-1-2-4;;/h1-2H2,(H2,5,7)(H2,6,8);3-4H,1-2H2;2*1H3. The third kappa shape index (κ3) is 39.4. The second-order valence-corrected chi connectivity index (χ2v) is 1.78. The smallest absolute Gasteiger partial charge is 0.404 e. The van der Waals surface area contributed by atoms with Gasteiger partial charge in [0.25, 0.3) is 0 Å². The van der Waals surface area contributed by atoms with Gasteiger partial charge in [0, 0.05) is 0 Å². The molecular weight excluding hydrogens is 224 g/mol. The molecule has 0 fully saturated rings. The minimum atomic E-state index is -0.909. The molecule has 0 aliphatic heterocycles. The van der Waals surface area contributed by atoms with Gasteiger partial charge in [-0.1, -0.05) is 0 Å². The van der Waals surface area contributed by atoms with Gasteiger partial charge in [0.15, 0.2) is 0 Å². The maximum Gasteiger partial charge on any atom is 0.404 e. The Morgan fingerprint density at radius 2 is 1.12 bits per heavy atom. The molecule has 0 aromatic heterocycles. The van der Waals surface area contributed by atoms with Gasteiger partial charge in [0.05, 0.1) is 13.2 Å². The van der Waals surface area contributed by atoms with Gasteiger partial charge in [-0.3, -0.25) is 0 Å². The lowest BCUT2D eigenvalue weighted by Crippen LogP contribution is -2.20. The van der Waals surface area contributed by atoms with Crippen LogP contribution in [0.25, 0.3) is 0 Å². The first-order valence-corrected chi connectivity index (χ1v) is 3.60. The molecule has 0 unspecified atom stereocenters. The van der Waals surface area contributed by atoms with E-state index in [0.29, 0.717) is 0 Å². The number of amides is 2. The number of ether oxygens (including phenoxy) is 2. The molecule has 0 atom stereocenters. The first-order chi connectivity index (χ1) is 6.54. The highest BCUT2D eigenvalue weighted by Crippen LogP contribution is 1.76. The lowest BCUT2D eigenvalue weighted by atomic mass is 10.8. The van der Waals surface area contributed by atoms with Crippen molar-refractivity contribution in [3.63, 3.8) is 0 Å². The fourth-order valence-electron chi connectivity index (χ4n) is 0.285. The fourth-order valence-corrected chi connectivity index (χ4v) is 0.285. The number of nitrogens with two attached hydrogens (primary N) is 2. The molecule has 16 heavy (non-hydrogen) atoms. The Bertz CT molecular complexity index is 149. The molecule has 0 heterocycles. The van der Waals surface area contributed by atoms with Crippen molar-refractivity contribution in [2.45, 2.75) is 0 Å². The minimum absolute atomic E-state index is 0. The molecule has 0 spiro atoms. The monoisotopic (exact) mass is 244 g/mol. The maximum atomic E-state index is 9.87. The van der Waals surface area contributed by atoms with E-state index in [-0.39, 0.29) is 38.7 Å². The van der Waals surface area contributed by atoms with Crippen LogP contribution in [0.4, 0.5) is 9.59 Å². The summed E-state index contributed by atoms with van der Waals surface area (Å²) >= 11 is 0. The SMILES string of the molecule is N.N.NC(=O)OCCOC(N)=O.OCCO. The van der Waals surface area contributed by atoms with Crippen molar-refractivity contribution in [1.29, 1.82) is 0 Å². The largest absolute Gasteiger partial charge is 0.446 e. The van der Waals surface area contributed by atoms with Crippen LogP contribution in [0.2, 0.25) is 0 Å². The Hall–Kier alpha value is -1.62. The molecule has 10 heteroatoms. The van der Waals surface area contributed by atoms with Gasteiger partial charge in [-0.2, -0.15) is 0 Å². The molecule has 0 aliphatic rings. The van der Waals surface area contributed by atoms with E-state index >= 15 is 0 Å². The van der Waals surface area contributed by atoms with Crippen molar-refractivity contribution in [1.82, 2.24) is 12.3 Å². The summed E-state index contributed by atoms with van der Waals surface area (Å²) < 4.78 is 8.40. The van der Waals surface area contributed by atoms with Gasteiger partial charge in [-0.15, -0.1) is 0 Å².